The molecule has 0 spiro atoms. The summed E-state index contributed by atoms with van der Waals surface area (Å²) in [5.41, 5.74) is -1.55. The van der Waals surface area contributed by atoms with Crippen LogP contribution in [-0.4, -0.2) is 35.9 Å². The molecule has 1 N–H and O–H groups in total. The molecular weight excluding hydrogens is 380 g/mol. The number of rotatable bonds is 9. The molecule has 0 radical (unpaired) electrons. The predicted octanol–water partition coefficient (Wildman–Crippen LogP) is 5.53. The summed E-state index contributed by atoms with van der Waals surface area (Å²) in [5, 5.41) is 10.7. The van der Waals surface area contributed by atoms with Crippen LogP contribution in [0.1, 0.15) is 101 Å². The third-order valence-corrected chi connectivity index (χ3v) is 8.22. The summed E-state index contributed by atoms with van der Waals surface area (Å²) in [6.45, 7) is 20.3. The Morgan fingerprint density at radius 3 is 1.93 bits per heavy atom. The van der Waals surface area contributed by atoms with Crippen molar-refractivity contribution in [2.24, 2.45) is 27.6 Å². The lowest BCUT2D eigenvalue weighted by atomic mass is 9.66. The molecule has 1 saturated carbocycles. The summed E-state index contributed by atoms with van der Waals surface area (Å²) >= 11 is 0. The van der Waals surface area contributed by atoms with Crippen molar-refractivity contribution in [3.05, 3.63) is 0 Å². The first-order valence-electron chi connectivity index (χ1n) is 11.6. The van der Waals surface area contributed by atoms with E-state index in [4.69, 9.17) is 9.47 Å². The molecule has 5 heteroatoms. The fraction of sp³-hybridized carbons (Fsp3) is 0.920. The first kappa shape index (κ1) is 26.9. The van der Waals surface area contributed by atoms with Gasteiger partial charge < -0.3 is 14.6 Å². The number of carbonyl (C=O) groups excluding carboxylic acids is 2. The van der Waals surface area contributed by atoms with Crippen molar-refractivity contribution in [2.45, 2.75) is 114 Å². The van der Waals surface area contributed by atoms with Crippen LogP contribution in [0.3, 0.4) is 0 Å². The molecule has 0 saturated heterocycles. The van der Waals surface area contributed by atoms with E-state index in [9.17, 15) is 14.7 Å². The van der Waals surface area contributed by atoms with E-state index in [1.807, 2.05) is 34.6 Å². The van der Waals surface area contributed by atoms with E-state index in [1.54, 1.807) is 0 Å². The summed E-state index contributed by atoms with van der Waals surface area (Å²) in [7, 11) is 0. The molecule has 1 aliphatic carbocycles. The quantitative estimate of drug-likeness (QED) is 0.491. The smallest absolute Gasteiger partial charge is 0.312 e. The van der Waals surface area contributed by atoms with Gasteiger partial charge in [0.1, 0.15) is 6.10 Å². The van der Waals surface area contributed by atoms with Crippen molar-refractivity contribution in [3.63, 3.8) is 0 Å². The van der Waals surface area contributed by atoms with Crippen LogP contribution in [-0.2, 0) is 19.1 Å². The number of carbonyl (C=O) groups is 2. The maximum atomic E-state index is 12.9. The van der Waals surface area contributed by atoms with Gasteiger partial charge in [0.2, 0.25) is 0 Å². The van der Waals surface area contributed by atoms with E-state index >= 15 is 0 Å². The standard InChI is InChI=1S/C25H46O5/c1-11-22(3,4)20(27)29-16-23(5,6)17-13-14-19(18(26)15-17)30-21(28)25(9,10)24(7,8)12-2/h17-19,26H,11-16H2,1-10H3. The summed E-state index contributed by atoms with van der Waals surface area (Å²) in [5.74, 6) is -0.228. The Bertz CT molecular complexity index is 603. The molecule has 3 unspecified atom stereocenters. The SMILES string of the molecule is CCC(C)(C)C(=O)OCC(C)(C)C1CCC(OC(=O)C(C)(C)C(C)(C)CC)C(O)C1. The van der Waals surface area contributed by atoms with E-state index in [0.717, 1.165) is 19.3 Å². The van der Waals surface area contributed by atoms with E-state index in [2.05, 4.69) is 34.6 Å². The first-order chi connectivity index (χ1) is 13.5. The molecule has 0 aromatic carbocycles. The lowest BCUT2D eigenvalue weighted by Crippen LogP contribution is -2.47. The van der Waals surface area contributed by atoms with Crippen LogP contribution in [0.25, 0.3) is 0 Å². The van der Waals surface area contributed by atoms with Gasteiger partial charge in [0.25, 0.3) is 0 Å². The number of aliphatic hydroxyl groups is 1. The van der Waals surface area contributed by atoms with Gasteiger partial charge in [0.05, 0.1) is 23.5 Å². The largest absolute Gasteiger partial charge is 0.465 e. The molecule has 0 amide bonds. The molecule has 0 heterocycles. The highest BCUT2D eigenvalue weighted by molar-refractivity contribution is 5.77. The molecule has 0 bridgehead atoms. The van der Waals surface area contributed by atoms with Crippen LogP contribution in [0.2, 0.25) is 0 Å². The van der Waals surface area contributed by atoms with Crippen molar-refractivity contribution in [1.82, 2.24) is 0 Å². The Hall–Kier alpha value is -1.10. The Labute approximate surface area is 184 Å². The van der Waals surface area contributed by atoms with E-state index in [-0.39, 0.29) is 28.7 Å². The van der Waals surface area contributed by atoms with Crippen LogP contribution < -0.4 is 0 Å². The second kappa shape index (κ2) is 9.58. The molecule has 176 valence electrons. The fourth-order valence-electron chi connectivity index (χ4n) is 3.68. The zero-order valence-electron chi connectivity index (χ0n) is 21.1. The van der Waals surface area contributed by atoms with Crippen LogP contribution in [0.5, 0.6) is 0 Å². The van der Waals surface area contributed by atoms with Gasteiger partial charge in [-0.15, -0.1) is 0 Å². The summed E-state index contributed by atoms with van der Waals surface area (Å²) in [6.07, 6.45) is 2.41. The maximum Gasteiger partial charge on any atom is 0.312 e. The van der Waals surface area contributed by atoms with Gasteiger partial charge in [-0.25, -0.2) is 0 Å². The van der Waals surface area contributed by atoms with Gasteiger partial charge in [0, 0.05) is 5.41 Å². The molecular formula is C25H46O5. The molecule has 3 atom stereocenters. The zero-order valence-corrected chi connectivity index (χ0v) is 21.1. The van der Waals surface area contributed by atoms with E-state index in [0.29, 0.717) is 19.4 Å². The van der Waals surface area contributed by atoms with Crippen molar-refractivity contribution in [1.29, 1.82) is 0 Å². The fourth-order valence-corrected chi connectivity index (χ4v) is 3.68. The molecule has 1 aliphatic rings. The number of hydrogen-bond acceptors (Lipinski definition) is 5. The Morgan fingerprint density at radius 2 is 1.47 bits per heavy atom. The minimum atomic E-state index is -0.699. The van der Waals surface area contributed by atoms with E-state index < -0.39 is 23.0 Å². The minimum absolute atomic E-state index is 0.179. The lowest BCUT2D eigenvalue weighted by molar-refractivity contribution is -0.178. The van der Waals surface area contributed by atoms with Crippen molar-refractivity contribution in [2.75, 3.05) is 6.61 Å². The highest BCUT2D eigenvalue weighted by Gasteiger charge is 2.46. The number of aliphatic hydroxyl groups excluding tert-OH is 1. The third kappa shape index (κ3) is 5.99. The Balaban J connectivity index is 2.70. The monoisotopic (exact) mass is 426 g/mol. The second-order valence-electron chi connectivity index (χ2n) is 11.7. The molecule has 0 aromatic rings. The normalized spacial score (nSPS) is 23.8. The molecule has 5 nitrogen and oxygen atoms in total. The van der Waals surface area contributed by atoms with Crippen molar-refractivity contribution in [3.8, 4) is 0 Å². The average molecular weight is 427 g/mol. The number of ether oxygens (including phenoxy) is 2. The molecule has 0 aromatic heterocycles. The lowest BCUT2D eigenvalue weighted by Gasteiger charge is -2.43. The van der Waals surface area contributed by atoms with Gasteiger partial charge in [-0.2, -0.15) is 0 Å². The van der Waals surface area contributed by atoms with Crippen molar-refractivity contribution < 1.29 is 24.2 Å². The predicted molar refractivity (Wildman–Crippen MR) is 120 cm³/mol. The maximum absolute atomic E-state index is 12.9. The van der Waals surface area contributed by atoms with Crippen molar-refractivity contribution >= 4 is 11.9 Å². The van der Waals surface area contributed by atoms with Crippen LogP contribution >= 0.6 is 0 Å². The van der Waals surface area contributed by atoms with Gasteiger partial charge in [0.15, 0.2) is 0 Å². The van der Waals surface area contributed by atoms with Crippen LogP contribution in [0.4, 0.5) is 0 Å². The van der Waals surface area contributed by atoms with Gasteiger partial charge in [-0.3, -0.25) is 9.59 Å². The Kier molecular flexibility index (Phi) is 8.60. The topological polar surface area (TPSA) is 72.8 Å². The van der Waals surface area contributed by atoms with Gasteiger partial charge in [-0.1, -0.05) is 41.5 Å². The van der Waals surface area contributed by atoms with Crippen LogP contribution in [0, 0.1) is 27.6 Å². The van der Waals surface area contributed by atoms with E-state index in [1.165, 1.54) is 0 Å². The number of hydrogen-bond donors (Lipinski definition) is 1. The highest BCUT2D eigenvalue weighted by Crippen LogP contribution is 2.44. The second-order valence-corrected chi connectivity index (χ2v) is 11.7. The molecule has 1 rings (SSSR count). The minimum Gasteiger partial charge on any atom is -0.465 e. The zero-order chi connectivity index (χ0) is 23.5. The molecule has 1 fully saturated rings. The van der Waals surface area contributed by atoms with Gasteiger partial charge >= 0.3 is 11.9 Å². The first-order valence-corrected chi connectivity index (χ1v) is 11.6. The molecule has 0 aliphatic heterocycles. The number of esters is 2. The van der Waals surface area contributed by atoms with Crippen LogP contribution in [0.15, 0.2) is 0 Å². The summed E-state index contributed by atoms with van der Waals surface area (Å²) in [4.78, 5) is 25.2. The summed E-state index contributed by atoms with van der Waals surface area (Å²) in [6, 6.07) is 0. The van der Waals surface area contributed by atoms with Gasteiger partial charge in [-0.05, 0) is 71.1 Å². The molecule has 30 heavy (non-hydrogen) atoms. The third-order valence-electron chi connectivity index (χ3n) is 8.22. The highest BCUT2D eigenvalue weighted by atomic mass is 16.6. The Morgan fingerprint density at radius 1 is 0.900 bits per heavy atom. The average Bonchev–Trinajstić information content (AvgIpc) is 2.67. The summed E-state index contributed by atoms with van der Waals surface area (Å²) < 4.78 is 11.4.